The molecule has 168 valence electrons. The fourth-order valence-corrected chi connectivity index (χ4v) is 3.65. The molecule has 1 aliphatic rings. The Bertz CT molecular complexity index is 684. The quantitative estimate of drug-likeness (QED) is 0.221. The number of nitrogens with one attached hydrogen (secondary N) is 2. The van der Waals surface area contributed by atoms with Crippen molar-refractivity contribution in [2.75, 3.05) is 26.7 Å². The summed E-state index contributed by atoms with van der Waals surface area (Å²) in [4.78, 5) is 18.9. The predicted molar refractivity (Wildman–Crippen MR) is 135 cm³/mol. The summed E-state index contributed by atoms with van der Waals surface area (Å²) in [6, 6.07) is 8.29. The molecular formula is C23H37IN4O2. The Morgan fingerprint density at radius 2 is 1.97 bits per heavy atom. The first kappa shape index (κ1) is 26.3. The second-order valence-electron chi connectivity index (χ2n) is 7.39. The number of halogens is 1. The lowest BCUT2D eigenvalue weighted by atomic mass is 9.98. The van der Waals surface area contributed by atoms with Crippen LogP contribution in [0.25, 0.3) is 0 Å². The second-order valence-corrected chi connectivity index (χ2v) is 7.39. The number of hydrogen-bond acceptors (Lipinski definition) is 3. The number of benzene rings is 1. The molecule has 1 fully saturated rings. The van der Waals surface area contributed by atoms with E-state index in [1.54, 1.807) is 13.1 Å². The van der Waals surface area contributed by atoms with Crippen molar-refractivity contribution in [3.8, 4) is 5.75 Å². The maximum atomic E-state index is 12.6. The monoisotopic (exact) mass is 528 g/mol. The molecular weight excluding hydrogens is 491 g/mol. The van der Waals surface area contributed by atoms with Gasteiger partial charge in [-0.2, -0.15) is 0 Å². The average Bonchev–Trinajstić information content (AvgIpc) is 2.76. The molecule has 0 atom stereocenters. The topological polar surface area (TPSA) is 66.0 Å². The van der Waals surface area contributed by atoms with Gasteiger partial charge in [-0.05, 0) is 31.7 Å². The fraction of sp³-hybridized carbons (Fsp3) is 0.565. The summed E-state index contributed by atoms with van der Waals surface area (Å²) in [6.45, 7) is 10.6. The number of carbonyl (C=O) groups excluding carboxylic acids is 1. The van der Waals surface area contributed by atoms with Gasteiger partial charge < -0.3 is 20.3 Å². The maximum absolute atomic E-state index is 12.6. The molecule has 2 rings (SSSR count). The molecule has 0 spiro atoms. The van der Waals surface area contributed by atoms with Crippen LogP contribution in [0.3, 0.4) is 0 Å². The Morgan fingerprint density at radius 1 is 1.30 bits per heavy atom. The van der Waals surface area contributed by atoms with Gasteiger partial charge in [0.15, 0.2) is 5.96 Å². The van der Waals surface area contributed by atoms with Gasteiger partial charge in [-0.15, -0.1) is 24.0 Å². The van der Waals surface area contributed by atoms with E-state index in [4.69, 9.17) is 4.74 Å². The number of ether oxygens (including phenoxy) is 1. The van der Waals surface area contributed by atoms with Gasteiger partial charge >= 0.3 is 0 Å². The van der Waals surface area contributed by atoms with E-state index in [1.807, 2.05) is 29.2 Å². The Hall–Kier alpha value is -1.77. The zero-order chi connectivity index (χ0) is 21.1. The molecule has 1 aromatic carbocycles. The van der Waals surface area contributed by atoms with Crippen LogP contribution in [0.2, 0.25) is 0 Å². The Labute approximate surface area is 198 Å². The van der Waals surface area contributed by atoms with E-state index in [1.165, 1.54) is 0 Å². The van der Waals surface area contributed by atoms with Gasteiger partial charge in [0.2, 0.25) is 5.91 Å². The van der Waals surface area contributed by atoms with E-state index < -0.39 is 0 Å². The lowest BCUT2D eigenvalue weighted by Crippen LogP contribution is -2.50. The van der Waals surface area contributed by atoms with Crippen molar-refractivity contribution in [3.63, 3.8) is 0 Å². The summed E-state index contributed by atoms with van der Waals surface area (Å²) in [7, 11) is 1.78. The number of hydrogen-bond donors (Lipinski definition) is 2. The first-order valence-corrected chi connectivity index (χ1v) is 10.7. The Balaban J connectivity index is 0.00000450. The number of nitrogens with zero attached hydrogens (tertiary/aromatic N) is 2. The molecule has 1 aromatic rings. The molecule has 1 aliphatic heterocycles. The molecule has 1 heterocycles. The summed E-state index contributed by atoms with van der Waals surface area (Å²) in [5, 5.41) is 6.87. The number of likely N-dealkylation sites (tertiary alicyclic amines) is 1. The summed E-state index contributed by atoms with van der Waals surface area (Å²) < 4.78 is 5.72. The molecule has 2 N–H and O–H groups in total. The molecule has 7 heteroatoms. The van der Waals surface area contributed by atoms with Crippen molar-refractivity contribution in [1.82, 2.24) is 15.5 Å². The Kier molecular flexibility index (Phi) is 12.5. The fourth-order valence-electron chi connectivity index (χ4n) is 3.65. The van der Waals surface area contributed by atoms with Crippen molar-refractivity contribution in [1.29, 1.82) is 0 Å². The SMILES string of the molecule is C=CCOc1ccccc1CNC(=NC)NC1CCN(C(=O)C(CC)CC)CC1.I. The van der Waals surface area contributed by atoms with Crippen molar-refractivity contribution in [2.45, 2.75) is 52.1 Å². The molecule has 0 bridgehead atoms. The predicted octanol–water partition coefficient (Wildman–Crippen LogP) is 3.96. The summed E-state index contributed by atoms with van der Waals surface area (Å²) >= 11 is 0. The average molecular weight is 528 g/mol. The molecule has 1 amide bonds. The number of guanidine groups is 1. The number of carbonyl (C=O) groups is 1. The largest absolute Gasteiger partial charge is 0.489 e. The molecule has 6 nitrogen and oxygen atoms in total. The zero-order valence-corrected chi connectivity index (χ0v) is 20.9. The number of para-hydroxylation sites is 1. The van der Waals surface area contributed by atoms with Crippen molar-refractivity contribution in [3.05, 3.63) is 42.5 Å². The van der Waals surface area contributed by atoms with E-state index in [9.17, 15) is 4.79 Å². The first-order chi connectivity index (χ1) is 14.1. The van der Waals surface area contributed by atoms with Gasteiger partial charge in [0, 0.05) is 44.2 Å². The molecule has 30 heavy (non-hydrogen) atoms. The van der Waals surface area contributed by atoms with E-state index in [0.717, 1.165) is 56.0 Å². The van der Waals surface area contributed by atoms with Crippen LogP contribution in [0, 0.1) is 5.92 Å². The van der Waals surface area contributed by atoms with Gasteiger partial charge in [0.25, 0.3) is 0 Å². The van der Waals surface area contributed by atoms with Gasteiger partial charge in [-0.1, -0.05) is 44.7 Å². The maximum Gasteiger partial charge on any atom is 0.225 e. The normalized spacial score (nSPS) is 14.8. The zero-order valence-electron chi connectivity index (χ0n) is 18.5. The van der Waals surface area contributed by atoms with E-state index >= 15 is 0 Å². The van der Waals surface area contributed by atoms with Gasteiger partial charge in [0.1, 0.15) is 12.4 Å². The van der Waals surface area contributed by atoms with Gasteiger partial charge in [0.05, 0.1) is 0 Å². The van der Waals surface area contributed by atoms with Crippen LogP contribution in [0.1, 0.15) is 45.1 Å². The number of rotatable bonds is 9. The van der Waals surface area contributed by atoms with E-state index in [0.29, 0.717) is 25.1 Å². The standard InChI is InChI=1S/C23H36N4O2.HI/c1-5-16-29-21-11-9-8-10-19(21)17-25-23(24-4)26-20-12-14-27(15-13-20)22(28)18(6-2)7-3;/h5,8-11,18,20H,1,6-7,12-17H2,2-4H3,(H2,24,25,26);1H. The van der Waals surface area contributed by atoms with Crippen LogP contribution in [0.5, 0.6) is 5.75 Å². The lowest BCUT2D eigenvalue weighted by Gasteiger charge is -2.34. The number of amides is 1. The summed E-state index contributed by atoms with van der Waals surface area (Å²) in [6.07, 6.45) is 5.45. The first-order valence-electron chi connectivity index (χ1n) is 10.7. The minimum atomic E-state index is 0. The van der Waals surface area contributed by atoms with Crippen LogP contribution in [-0.4, -0.2) is 49.6 Å². The minimum Gasteiger partial charge on any atom is -0.489 e. The highest BCUT2D eigenvalue weighted by molar-refractivity contribution is 14.0. The second kappa shape index (κ2) is 14.3. The van der Waals surface area contributed by atoms with Crippen molar-refractivity contribution < 1.29 is 9.53 Å². The molecule has 1 saturated heterocycles. The number of piperidine rings is 1. The molecule has 0 aliphatic carbocycles. The number of aliphatic imine (C=N–C) groups is 1. The van der Waals surface area contributed by atoms with Crippen LogP contribution in [-0.2, 0) is 11.3 Å². The molecule has 0 unspecified atom stereocenters. The van der Waals surface area contributed by atoms with Crippen molar-refractivity contribution in [2.24, 2.45) is 10.9 Å². The summed E-state index contributed by atoms with van der Waals surface area (Å²) in [5.74, 6) is 2.10. The molecule has 0 radical (unpaired) electrons. The van der Waals surface area contributed by atoms with Crippen LogP contribution in [0.4, 0.5) is 0 Å². The minimum absolute atomic E-state index is 0. The highest BCUT2D eigenvalue weighted by Crippen LogP contribution is 2.19. The molecule has 0 saturated carbocycles. The third kappa shape index (κ3) is 7.81. The highest BCUT2D eigenvalue weighted by atomic mass is 127. The van der Waals surface area contributed by atoms with Crippen molar-refractivity contribution >= 4 is 35.8 Å². The van der Waals surface area contributed by atoms with E-state index in [-0.39, 0.29) is 29.9 Å². The van der Waals surface area contributed by atoms with E-state index in [2.05, 4.69) is 36.1 Å². The van der Waals surface area contributed by atoms with Crippen LogP contribution < -0.4 is 15.4 Å². The van der Waals surface area contributed by atoms with Crippen LogP contribution >= 0.6 is 24.0 Å². The molecule has 0 aromatic heterocycles. The van der Waals surface area contributed by atoms with Gasteiger partial charge in [-0.25, -0.2) is 0 Å². The smallest absolute Gasteiger partial charge is 0.225 e. The highest BCUT2D eigenvalue weighted by Gasteiger charge is 2.26. The Morgan fingerprint density at radius 3 is 2.57 bits per heavy atom. The third-order valence-electron chi connectivity index (χ3n) is 5.48. The van der Waals surface area contributed by atoms with Gasteiger partial charge in [-0.3, -0.25) is 9.79 Å². The third-order valence-corrected chi connectivity index (χ3v) is 5.48. The lowest BCUT2D eigenvalue weighted by molar-refractivity contribution is -0.136. The van der Waals surface area contributed by atoms with Crippen LogP contribution in [0.15, 0.2) is 41.9 Å². The summed E-state index contributed by atoms with van der Waals surface area (Å²) in [5.41, 5.74) is 1.07.